The Kier molecular flexibility index (Phi) is 4.15. The maximum atomic E-state index is 13.2. The van der Waals surface area contributed by atoms with Crippen molar-refractivity contribution in [3.8, 4) is 11.3 Å². The highest BCUT2D eigenvalue weighted by atomic mass is 19.1. The molecule has 0 saturated carbocycles. The predicted octanol–water partition coefficient (Wildman–Crippen LogP) is 3.99. The van der Waals surface area contributed by atoms with Gasteiger partial charge in [-0.25, -0.2) is 4.39 Å². The molecule has 0 aliphatic carbocycles. The Bertz CT molecular complexity index is 834. The van der Waals surface area contributed by atoms with Crippen LogP contribution < -0.4 is 0 Å². The normalized spacial score (nSPS) is 10.9. The number of rotatable bonds is 4. The van der Waals surface area contributed by atoms with Crippen LogP contribution in [0.5, 0.6) is 0 Å². The second-order valence-electron chi connectivity index (χ2n) is 5.82. The molecule has 1 amide bonds. The third kappa shape index (κ3) is 3.11. The fourth-order valence-corrected chi connectivity index (χ4v) is 2.78. The Labute approximate surface area is 134 Å². The number of halogens is 1. The molecule has 0 atom stereocenters. The molecule has 0 radical (unpaired) electrons. The Morgan fingerprint density at radius 3 is 2.48 bits per heavy atom. The van der Waals surface area contributed by atoms with Gasteiger partial charge in [0.25, 0.3) is 0 Å². The monoisotopic (exact) mass is 310 g/mol. The van der Waals surface area contributed by atoms with Crippen LogP contribution in [0.4, 0.5) is 4.39 Å². The minimum absolute atomic E-state index is 0.0975. The van der Waals surface area contributed by atoms with Crippen molar-refractivity contribution in [2.75, 3.05) is 14.1 Å². The number of carbonyl (C=O) groups excluding carboxylic acids is 1. The fourth-order valence-electron chi connectivity index (χ4n) is 2.78. The van der Waals surface area contributed by atoms with Gasteiger partial charge in [-0.15, -0.1) is 0 Å². The number of nitrogens with zero attached hydrogens (tertiary/aromatic N) is 1. The minimum atomic E-state index is -0.255. The minimum Gasteiger partial charge on any atom is -0.354 e. The van der Waals surface area contributed by atoms with Gasteiger partial charge in [0.05, 0.1) is 0 Å². The molecule has 1 N–H and O–H groups in total. The fraction of sp³-hybridized carbons (Fsp3) is 0.211. The summed E-state index contributed by atoms with van der Waals surface area (Å²) >= 11 is 0. The molecular weight excluding hydrogens is 291 g/mol. The molecule has 3 rings (SSSR count). The van der Waals surface area contributed by atoms with Crippen LogP contribution in [0, 0.1) is 5.82 Å². The van der Waals surface area contributed by atoms with E-state index >= 15 is 0 Å². The molecule has 0 aliphatic heterocycles. The summed E-state index contributed by atoms with van der Waals surface area (Å²) in [6.07, 6.45) is 1.09. The van der Waals surface area contributed by atoms with Crippen molar-refractivity contribution in [1.29, 1.82) is 0 Å². The first-order valence-electron chi connectivity index (χ1n) is 7.62. The molecule has 118 valence electrons. The second kappa shape index (κ2) is 6.24. The zero-order valence-electron chi connectivity index (χ0n) is 13.3. The molecule has 0 unspecified atom stereocenters. The Hall–Kier alpha value is -2.62. The van der Waals surface area contributed by atoms with Gasteiger partial charge < -0.3 is 9.88 Å². The average molecular weight is 310 g/mol. The van der Waals surface area contributed by atoms with E-state index < -0.39 is 0 Å². The van der Waals surface area contributed by atoms with Crippen molar-refractivity contribution < 1.29 is 9.18 Å². The topological polar surface area (TPSA) is 36.1 Å². The average Bonchev–Trinajstić information content (AvgIpc) is 2.91. The number of aromatic nitrogens is 1. The summed E-state index contributed by atoms with van der Waals surface area (Å²) in [5, 5.41) is 1.11. The lowest BCUT2D eigenvalue weighted by Gasteiger charge is -2.10. The van der Waals surface area contributed by atoms with Crippen LogP contribution in [0.2, 0.25) is 0 Å². The summed E-state index contributed by atoms with van der Waals surface area (Å²) in [6, 6.07) is 14.5. The molecule has 0 fully saturated rings. The number of aromatic amines is 1. The van der Waals surface area contributed by atoms with E-state index in [9.17, 15) is 9.18 Å². The first kappa shape index (κ1) is 15.3. The number of H-pyrrole nitrogens is 1. The highest BCUT2D eigenvalue weighted by Crippen LogP contribution is 2.31. The molecule has 4 heteroatoms. The highest BCUT2D eigenvalue weighted by molar-refractivity contribution is 5.91. The van der Waals surface area contributed by atoms with Gasteiger partial charge in [-0.05, 0) is 47.9 Å². The van der Waals surface area contributed by atoms with Crippen LogP contribution in [0.25, 0.3) is 22.2 Å². The van der Waals surface area contributed by atoms with Gasteiger partial charge in [-0.1, -0.05) is 18.2 Å². The third-order valence-electron chi connectivity index (χ3n) is 4.03. The van der Waals surface area contributed by atoms with Crippen LogP contribution in [-0.2, 0) is 11.2 Å². The van der Waals surface area contributed by atoms with Crippen LogP contribution in [0.15, 0.2) is 48.5 Å². The summed E-state index contributed by atoms with van der Waals surface area (Å²) in [5.74, 6) is -0.158. The van der Waals surface area contributed by atoms with Gasteiger partial charge in [-0.2, -0.15) is 0 Å². The molecule has 1 aromatic heterocycles. The molecule has 0 bridgehead atoms. The molecule has 1 heterocycles. The lowest BCUT2D eigenvalue weighted by atomic mass is 10.0. The summed E-state index contributed by atoms with van der Waals surface area (Å²) in [4.78, 5) is 16.9. The molecule has 0 spiro atoms. The van der Waals surface area contributed by atoms with E-state index in [1.807, 2.05) is 24.3 Å². The van der Waals surface area contributed by atoms with Crippen molar-refractivity contribution >= 4 is 16.8 Å². The highest BCUT2D eigenvalue weighted by Gasteiger charge is 2.15. The zero-order valence-corrected chi connectivity index (χ0v) is 13.3. The van der Waals surface area contributed by atoms with Gasteiger partial charge >= 0.3 is 0 Å². The summed E-state index contributed by atoms with van der Waals surface area (Å²) in [6.45, 7) is 0. The molecule has 0 saturated heterocycles. The van der Waals surface area contributed by atoms with E-state index in [2.05, 4.69) is 4.98 Å². The van der Waals surface area contributed by atoms with Crippen LogP contribution in [0.3, 0.4) is 0 Å². The van der Waals surface area contributed by atoms with Gasteiger partial charge in [0, 0.05) is 37.1 Å². The number of hydrogen-bond donors (Lipinski definition) is 1. The van der Waals surface area contributed by atoms with E-state index in [1.54, 1.807) is 31.1 Å². The molecule has 0 aliphatic rings. The van der Waals surface area contributed by atoms with Crippen LogP contribution in [0.1, 0.15) is 12.0 Å². The molecular formula is C19H19FN2O. The number of nitrogens with one attached hydrogen (secondary N) is 1. The van der Waals surface area contributed by atoms with E-state index in [0.717, 1.165) is 27.7 Å². The smallest absolute Gasteiger partial charge is 0.222 e. The number of para-hydroxylation sites is 1. The van der Waals surface area contributed by atoms with Crippen molar-refractivity contribution in [3.63, 3.8) is 0 Å². The maximum absolute atomic E-state index is 13.2. The largest absolute Gasteiger partial charge is 0.354 e. The van der Waals surface area contributed by atoms with Crippen molar-refractivity contribution in [1.82, 2.24) is 9.88 Å². The number of carbonyl (C=O) groups is 1. The quantitative estimate of drug-likeness (QED) is 0.777. The first-order chi connectivity index (χ1) is 11.1. The van der Waals surface area contributed by atoms with Crippen molar-refractivity contribution in [2.45, 2.75) is 12.8 Å². The number of amides is 1. The number of aryl methyl sites for hydroxylation is 1. The summed E-state index contributed by atoms with van der Waals surface area (Å²) in [5.41, 5.74) is 4.01. The molecule has 23 heavy (non-hydrogen) atoms. The van der Waals surface area contributed by atoms with E-state index in [4.69, 9.17) is 0 Å². The maximum Gasteiger partial charge on any atom is 0.222 e. The molecule has 3 nitrogen and oxygen atoms in total. The van der Waals surface area contributed by atoms with Gasteiger partial charge in [0.15, 0.2) is 0 Å². The zero-order chi connectivity index (χ0) is 16.4. The van der Waals surface area contributed by atoms with Crippen molar-refractivity contribution in [3.05, 3.63) is 59.9 Å². The standard InChI is InChI=1S/C19H19FN2O/c1-22(2)18(23)12-11-16-15-5-3-4-6-17(15)21-19(16)13-7-9-14(20)10-8-13/h3-10,21H,11-12H2,1-2H3. The van der Waals surface area contributed by atoms with E-state index in [-0.39, 0.29) is 11.7 Å². The summed E-state index contributed by atoms with van der Waals surface area (Å²) in [7, 11) is 3.52. The molecule has 3 aromatic rings. The number of benzene rings is 2. The Balaban J connectivity index is 2.04. The van der Waals surface area contributed by atoms with Gasteiger partial charge in [0.1, 0.15) is 5.82 Å². The van der Waals surface area contributed by atoms with Crippen LogP contribution >= 0.6 is 0 Å². The second-order valence-corrected chi connectivity index (χ2v) is 5.82. The van der Waals surface area contributed by atoms with Gasteiger partial charge in [0.2, 0.25) is 5.91 Å². The van der Waals surface area contributed by atoms with E-state index in [0.29, 0.717) is 12.8 Å². The lowest BCUT2D eigenvalue weighted by molar-refractivity contribution is -0.128. The van der Waals surface area contributed by atoms with Gasteiger partial charge in [-0.3, -0.25) is 4.79 Å². The number of fused-ring (bicyclic) bond motifs is 1. The third-order valence-corrected chi connectivity index (χ3v) is 4.03. The SMILES string of the molecule is CN(C)C(=O)CCc1c(-c2ccc(F)cc2)[nH]c2ccccc12. The Morgan fingerprint density at radius 2 is 1.78 bits per heavy atom. The Morgan fingerprint density at radius 1 is 1.09 bits per heavy atom. The van der Waals surface area contributed by atoms with Crippen molar-refractivity contribution in [2.24, 2.45) is 0 Å². The first-order valence-corrected chi connectivity index (χ1v) is 7.62. The van der Waals surface area contributed by atoms with E-state index in [1.165, 1.54) is 12.1 Å². The van der Waals surface area contributed by atoms with Crippen LogP contribution in [-0.4, -0.2) is 29.9 Å². The molecule has 2 aromatic carbocycles. The predicted molar refractivity (Wildman–Crippen MR) is 90.7 cm³/mol. The number of hydrogen-bond acceptors (Lipinski definition) is 1. The lowest BCUT2D eigenvalue weighted by Crippen LogP contribution is -2.21. The summed E-state index contributed by atoms with van der Waals surface area (Å²) < 4.78 is 13.2.